The number of carboxylic acid groups (broad SMARTS) is 1. The standard InChI is InChI=1S/C18H29NO2.ClH/c1-7-8-16(17(20)21)19-11-15-12(2)9-14(10-13(15)3)18(4,5)6;/h9-10,16,19H,7-8,11H2,1-6H3,(H,20,21);1H. The summed E-state index contributed by atoms with van der Waals surface area (Å²) in [5.41, 5.74) is 5.13. The SMILES string of the molecule is CCCC(NCc1c(C)cc(C(C)(C)C)cc1C)C(=O)O.Cl. The van der Waals surface area contributed by atoms with Crippen LogP contribution in [0.2, 0.25) is 0 Å². The van der Waals surface area contributed by atoms with E-state index in [4.69, 9.17) is 0 Å². The van der Waals surface area contributed by atoms with Crippen LogP contribution < -0.4 is 5.32 Å². The van der Waals surface area contributed by atoms with Gasteiger partial charge >= 0.3 is 5.97 Å². The van der Waals surface area contributed by atoms with Gasteiger partial charge in [0, 0.05) is 6.54 Å². The fourth-order valence-corrected chi connectivity index (χ4v) is 2.53. The molecule has 2 N–H and O–H groups in total. The van der Waals surface area contributed by atoms with Gasteiger partial charge in [-0.2, -0.15) is 0 Å². The van der Waals surface area contributed by atoms with Gasteiger partial charge in [0.1, 0.15) is 6.04 Å². The van der Waals surface area contributed by atoms with Crippen LogP contribution in [0.3, 0.4) is 0 Å². The smallest absolute Gasteiger partial charge is 0.320 e. The summed E-state index contributed by atoms with van der Waals surface area (Å²) in [5, 5.41) is 12.4. The number of carbonyl (C=O) groups is 1. The van der Waals surface area contributed by atoms with Gasteiger partial charge in [-0.3, -0.25) is 4.79 Å². The fourth-order valence-electron chi connectivity index (χ4n) is 2.53. The minimum atomic E-state index is -0.765. The second-order valence-electron chi connectivity index (χ2n) is 6.90. The van der Waals surface area contributed by atoms with E-state index in [9.17, 15) is 9.90 Å². The van der Waals surface area contributed by atoms with Crippen molar-refractivity contribution in [3.63, 3.8) is 0 Å². The number of halogens is 1. The molecule has 1 rings (SSSR count). The number of aliphatic carboxylic acids is 1. The van der Waals surface area contributed by atoms with Crippen molar-refractivity contribution in [2.45, 2.75) is 72.4 Å². The Hall–Kier alpha value is -1.06. The molecule has 0 radical (unpaired) electrons. The highest BCUT2D eigenvalue weighted by atomic mass is 35.5. The molecule has 0 saturated heterocycles. The van der Waals surface area contributed by atoms with E-state index in [1.54, 1.807) is 0 Å². The van der Waals surface area contributed by atoms with Crippen molar-refractivity contribution in [2.24, 2.45) is 0 Å². The van der Waals surface area contributed by atoms with Crippen molar-refractivity contribution in [3.8, 4) is 0 Å². The maximum atomic E-state index is 11.2. The predicted molar refractivity (Wildman–Crippen MR) is 95.0 cm³/mol. The first-order valence-corrected chi connectivity index (χ1v) is 7.73. The Morgan fingerprint density at radius 2 is 1.73 bits per heavy atom. The molecular formula is C18H30ClNO2. The van der Waals surface area contributed by atoms with Crippen molar-refractivity contribution >= 4 is 18.4 Å². The Morgan fingerprint density at radius 3 is 2.09 bits per heavy atom. The Balaban J connectivity index is 0.00000441. The summed E-state index contributed by atoms with van der Waals surface area (Å²) in [5.74, 6) is -0.765. The normalized spacial score (nSPS) is 12.6. The van der Waals surface area contributed by atoms with Gasteiger partial charge in [-0.15, -0.1) is 12.4 Å². The average molecular weight is 328 g/mol. The molecule has 126 valence electrons. The van der Waals surface area contributed by atoms with Gasteiger partial charge in [0.25, 0.3) is 0 Å². The average Bonchev–Trinajstić information content (AvgIpc) is 2.34. The van der Waals surface area contributed by atoms with E-state index in [1.165, 1.54) is 22.3 Å². The number of nitrogens with one attached hydrogen (secondary N) is 1. The summed E-state index contributed by atoms with van der Waals surface area (Å²) in [6.45, 7) is 13.5. The molecule has 0 aliphatic heterocycles. The molecule has 0 aliphatic rings. The Morgan fingerprint density at radius 1 is 1.23 bits per heavy atom. The van der Waals surface area contributed by atoms with E-state index >= 15 is 0 Å². The molecular weight excluding hydrogens is 298 g/mol. The molecule has 0 aromatic heterocycles. The molecule has 1 aromatic carbocycles. The van der Waals surface area contributed by atoms with Crippen molar-refractivity contribution in [1.82, 2.24) is 5.32 Å². The first-order chi connectivity index (χ1) is 9.66. The zero-order chi connectivity index (χ0) is 16.2. The molecule has 22 heavy (non-hydrogen) atoms. The van der Waals surface area contributed by atoms with Crippen molar-refractivity contribution in [3.05, 3.63) is 34.4 Å². The number of carboxylic acids is 1. The summed E-state index contributed by atoms with van der Waals surface area (Å²) < 4.78 is 0. The van der Waals surface area contributed by atoms with Crippen LogP contribution >= 0.6 is 12.4 Å². The van der Waals surface area contributed by atoms with Crippen LogP contribution in [-0.2, 0) is 16.8 Å². The van der Waals surface area contributed by atoms with E-state index in [0.717, 1.165) is 6.42 Å². The van der Waals surface area contributed by atoms with Crippen LogP contribution in [0.15, 0.2) is 12.1 Å². The quantitative estimate of drug-likeness (QED) is 0.815. The minimum absolute atomic E-state index is 0. The topological polar surface area (TPSA) is 49.3 Å². The summed E-state index contributed by atoms with van der Waals surface area (Å²) in [6.07, 6.45) is 1.53. The molecule has 1 aromatic rings. The maximum absolute atomic E-state index is 11.2. The van der Waals surface area contributed by atoms with Crippen LogP contribution in [0.5, 0.6) is 0 Å². The third-order valence-corrected chi connectivity index (χ3v) is 3.96. The third-order valence-electron chi connectivity index (χ3n) is 3.96. The van der Waals surface area contributed by atoms with Crippen LogP contribution in [-0.4, -0.2) is 17.1 Å². The number of rotatable bonds is 6. The summed E-state index contributed by atoms with van der Waals surface area (Å²) in [4.78, 5) is 11.2. The van der Waals surface area contributed by atoms with Crippen molar-refractivity contribution in [1.29, 1.82) is 0 Å². The molecule has 1 unspecified atom stereocenters. The van der Waals surface area contributed by atoms with Crippen molar-refractivity contribution < 1.29 is 9.90 Å². The highest BCUT2D eigenvalue weighted by Gasteiger charge is 2.18. The number of hydrogen-bond acceptors (Lipinski definition) is 2. The number of benzene rings is 1. The molecule has 0 spiro atoms. The van der Waals surface area contributed by atoms with Crippen LogP contribution in [0.25, 0.3) is 0 Å². The number of aryl methyl sites for hydroxylation is 2. The van der Waals surface area contributed by atoms with Gasteiger partial charge in [0.05, 0.1) is 0 Å². The second kappa shape index (κ2) is 8.54. The third kappa shape index (κ3) is 5.62. The second-order valence-corrected chi connectivity index (χ2v) is 6.90. The first-order valence-electron chi connectivity index (χ1n) is 7.73. The first kappa shape index (κ1) is 20.9. The Bertz CT molecular complexity index is 483. The van der Waals surface area contributed by atoms with E-state index in [2.05, 4.69) is 52.1 Å². The lowest BCUT2D eigenvalue weighted by Crippen LogP contribution is -2.36. The van der Waals surface area contributed by atoms with Gasteiger partial charge in [-0.05, 0) is 47.9 Å². The lowest BCUT2D eigenvalue weighted by Gasteiger charge is -2.23. The Labute approximate surface area is 140 Å². The largest absolute Gasteiger partial charge is 0.480 e. The van der Waals surface area contributed by atoms with Crippen LogP contribution in [0.4, 0.5) is 0 Å². The highest BCUT2D eigenvalue weighted by Crippen LogP contribution is 2.26. The molecule has 0 heterocycles. The maximum Gasteiger partial charge on any atom is 0.320 e. The van der Waals surface area contributed by atoms with E-state index in [-0.39, 0.29) is 17.8 Å². The summed E-state index contributed by atoms with van der Waals surface area (Å²) in [7, 11) is 0. The molecule has 0 saturated carbocycles. The molecule has 4 heteroatoms. The highest BCUT2D eigenvalue weighted by molar-refractivity contribution is 5.85. The summed E-state index contributed by atoms with van der Waals surface area (Å²) >= 11 is 0. The van der Waals surface area contributed by atoms with Crippen molar-refractivity contribution in [2.75, 3.05) is 0 Å². The summed E-state index contributed by atoms with van der Waals surface area (Å²) in [6, 6.07) is 3.98. The molecule has 1 atom stereocenters. The van der Waals surface area contributed by atoms with Gasteiger partial charge in [-0.25, -0.2) is 0 Å². The van der Waals surface area contributed by atoms with Crippen LogP contribution in [0.1, 0.15) is 62.8 Å². The lowest BCUT2D eigenvalue weighted by atomic mass is 9.84. The van der Waals surface area contributed by atoms with Gasteiger partial charge in [0.15, 0.2) is 0 Å². The monoisotopic (exact) mass is 327 g/mol. The van der Waals surface area contributed by atoms with Crippen LogP contribution in [0, 0.1) is 13.8 Å². The molecule has 3 nitrogen and oxygen atoms in total. The molecule has 0 amide bonds. The lowest BCUT2D eigenvalue weighted by molar-refractivity contribution is -0.139. The van der Waals surface area contributed by atoms with E-state index in [1.807, 2.05) is 6.92 Å². The zero-order valence-corrected chi connectivity index (χ0v) is 15.4. The van der Waals surface area contributed by atoms with Gasteiger partial charge in [-0.1, -0.05) is 46.2 Å². The van der Waals surface area contributed by atoms with E-state index in [0.29, 0.717) is 13.0 Å². The predicted octanol–water partition coefficient (Wildman–Crippen LogP) is 4.37. The van der Waals surface area contributed by atoms with Gasteiger partial charge in [0.2, 0.25) is 0 Å². The zero-order valence-electron chi connectivity index (χ0n) is 14.6. The number of hydrogen-bond donors (Lipinski definition) is 2. The molecule has 0 fully saturated rings. The minimum Gasteiger partial charge on any atom is -0.480 e. The fraction of sp³-hybridized carbons (Fsp3) is 0.611. The Kier molecular flexibility index (Phi) is 8.13. The molecule has 0 bridgehead atoms. The van der Waals surface area contributed by atoms with E-state index < -0.39 is 12.0 Å². The van der Waals surface area contributed by atoms with Gasteiger partial charge < -0.3 is 10.4 Å². The molecule has 0 aliphatic carbocycles.